The van der Waals surface area contributed by atoms with Crippen molar-refractivity contribution >= 4 is 27.4 Å². The van der Waals surface area contributed by atoms with Crippen molar-refractivity contribution in [1.82, 2.24) is 0 Å². The number of anilines is 1. The van der Waals surface area contributed by atoms with Crippen LogP contribution in [0.3, 0.4) is 0 Å². The third-order valence-corrected chi connectivity index (χ3v) is 5.49. The normalized spacial score (nSPS) is 13.4. The van der Waals surface area contributed by atoms with Crippen molar-refractivity contribution in [3.8, 4) is 0 Å². The summed E-state index contributed by atoms with van der Waals surface area (Å²) in [5.41, 5.74) is 2.57. The molecule has 0 spiro atoms. The van der Waals surface area contributed by atoms with E-state index in [2.05, 4.69) is 19.2 Å². The highest BCUT2D eigenvalue weighted by Crippen LogP contribution is 2.26. The zero-order chi connectivity index (χ0) is 21.6. The molecule has 2 rings (SSSR count). The number of benzene rings is 2. The number of amides is 1. The van der Waals surface area contributed by atoms with Gasteiger partial charge in [-0.25, -0.2) is 13.2 Å². The lowest BCUT2D eigenvalue weighted by molar-refractivity contribution is -0.123. The van der Waals surface area contributed by atoms with E-state index in [1.54, 1.807) is 12.1 Å². The van der Waals surface area contributed by atoms with Crippen LogP contribution < -0.4 is 5.32 Å². The molecule has 0 fully saturated rings. The van der Waals surface area contributed by atoms with E-state index in [9.17, 15) is 18.0 Å². The van der Waals surface area contributed by atoms with Crippen LogP contribution in [0, 0.1) is 0 Å². The van der Waals surface area contributed by atoms with Gasteiger partial charge in [0.1, 0.15) is 0 Å². The van der Waals surface area contributed by atoms with Crippen LogP contribution in [0.5, 0.6) is 0 Å². The summed E-state index contributed by atoms with van der Waals surface area (Å²) in [5.74, 6) is -0.872. The van der Waals surface area contributed by atoms with Gasteiger partial charge >= 0.3 is 5.97 Å². The van der Waals surface area contributed by atoms with Gasteiger partial charge in [0.2, 0.25) is 0 Å². The minimum Gasteiger partial charge on any atom is -0.449 e. The molecule has 0 heterocycles. The molecule has 0 aromatic heterocycles. The molecule has 2 aromatic rings. The fourth-order valence-electron chi connectivity index (χ4n) is 2.82. The van der Waals surface area contributed by atoms with E-state index in [0.29, 0.717) is 11.3 Å². The molecular weight excluding hydrogens is 390 g/mol. The second-order valence-corrected chi connectivity index (χ2v) is 9.34. The van der Waals surface area contributed by atoms with Crippen LogP contribution in [0.15, 0.2) is 48.5 Å². The van der Waals surface area contributed by atoms with Gasteiger partial charge in [0.05, 0.1) is 11.3 Å². The molecule has 0 radical (unpaired) electrons. The highest BCUT2D eigenvalue weighted by molar-refractivity contribution is 7.89. The summed E-state index contributed by atoms with van der Waals surface area (Å²) in [6.07, 6.45) is 1.10. The molecule has 0 saturated heterocycles. The summed E-state index contributed by atoms with van der Waals surface area (Å²) in [4.78, 5) is 24.8. The molecule has 1 amide bonds. The van der Waals surface area contributed by atoms with Crippen molar-refractivity contribution in [1.29, 1.82) is 0 Å². The van der Waals surface area contributed by atoms with Gasteiger partial charge < -0.3 is 10.1 Å². The second-order valence-electron chi connectivity index (χ2n) is 7.20. The Balaban J connectivity index is 2.02. The molecule has 0 aliphatic rings. The first kappa shape index (κ1) is 22.6. The van der Waals surface area contributed by atoms with Crippen LogP contribution in [0.2, 0.25) is 0 Å². The number of nitrogens with one attached hydrogen (secondary N) is 1. The number of hydrogen-bond acceptors (Lipinski definition) is 5. The Bertz CT molecular complexity index is 967. The topological polar surface area (TPSA) is 89.5 Å². The maximum absolute atomic E-state index is 12.5. The third kappa shape index (κ3) is 6.71. The Morgan fingerprint density at radius 3 is 2.24 bits per heavy atom. The van der Waals surface area contributed by atoms with Crippen molar-refractivity contribution in [2.75, 3.05) is 11.6 Å². The van der Waals surface area contributed by atoms with Crippen molar-refractivity contribution < 1.29 is 22.7 Å². The van der Waals surface area contributed by atoms with Gasteiger partial charge in [0.15, 0.2) is 15.9 Å². The molecule has 0 unspecified atom stereocenters. The monoisotopic (exact) mass is 417 g/mol. The maximum Gasteiger partial charge on any atom is 0.338 e. The first-order valence-electron chi connectivity index (χ1n) is 9.48. The predicted octanol–water partition coefficient (Wildman–Crippen LogP) is 3.93. The summed E-state index contributed by atoms with van der Waals surface area (Å²) in [5, 5.41) is 2.83. The number of para-hydroxylation sites is 1. The number of sulfone groups is 1. The summed E-state index contributed by atoms with van der Waals surface area (Å²) in [7, 11) is -3.15. The van der Waals surface area contributed by atoms with Crippen LogP contribution in [0.25, 0.3) is 0 Å². The first-order chi connectivity index (χ1) is 13.6. The van der Waals surface area contributed by atoms with Gasteiger partial charge in [-0.2, -0.15) is 0 Å². The number of ether oxygens (including phenoxy) is 1. The molecule has 0 aliphatic heterocycles. The van der Waals surface area contributed by atoms with Crippen molar-refractivity contribution in [2.45, 2.75) is 45.0 Å². The highest BCUT2D eigenvalue weighted by Gasteiger charge is 2.20. The van der Waals surface area contributed by atoms with Crippen LogP contribution in [0.1, 0.15) is 54.6 Å². The van der Waals surface area contributed by atoms with Gasteiger partial charge in [-0.1, -0.05) is 44.2 Å². The van der Waals surface area contributed by atoms with E-state index in [4.69, 9.17) is 4.74 Å². The van der Waals surface area contributed by atoms with E-state index >= 15 is 0 Å². The van der Waals surface area contributed by atoms with E-state index in [1.165, 1.54) is 19.1 Å². The number of esters is 1. The molecule has 0 aliphatic carbocycles. The molecule has 2 aromatic carbocycles. The maximum atomic E-state index is 12.5. The molecule has 2 atom stereocenters. The number of carbonyl (C=O) groups is 2. The first-order valence-corrected chi connectivity index (χ1v) is 11.5. The highest BCUT2D eigenvalue weighted by atomic mass is 32.2. The van der Waals surface area contributed by atoms with Crippen LogP contribution in [-0.2, 0) is 25.1 Å². The van der Waals surface area contributed by atoms with Gasteiger partial charge in [-0.05, 0) is 48.6 Å². The number of rotatable bonds is 8. The fourth-order valence-corrected chi connectivity index (χ4v) is 3.61. The molecular formula is C22H27NO5S. The lowest BCUT2D eigenvalue weighted by Crippen LogP contribution is -2.30. The number of hydrogen-bond donors (Lipinski definition) is 1. The SMILES string of the molecule is CC[C@H](C)c1ccccc1NC(=O)[C@H](C)OC(=O)c1ccc(CS(C)(=O)=O)cc1. The number of carbonyl (C=O) groups excluding carboxylic acids is 2. The summed E-state index contributed by atoms with van der Waals surface area (Å²) >= 11 is 0. The van der Waals surface area contributed by atoms with Crippen LogP contribution in [0.4, 0.5) is 5.69 Å². The van der Waals surface area contributed by atoms with Gasteiger partial charge in [-0.3, -0.25) is 4.79 Å². The van der Waals surface area contributed by atoms with Crippen molar-refractivity contribution in [3.63, 3.8) is 0 Å². The molecule has 156 valence electrons. The predicted molar refractivity (Wildman–Crippen MR) is 114 cm³/mol. The van der Waals surface area contributed by atoms with Crippen molar-refractivity contribution in [3.05, 3.63) is 65.2 Å². The largest absolute Gasteiger partial charge is 0.449 e. The third-order valence-electron chi connectivity index (χ3n) is 4.63. The van der Waals surface area contributed by atoms with Gasteiger partial charge in [0.25, 0.3) is 5.91 Å². The second kappa shape index (κ2) is 9.69. The molecule has 0 bridgehead atoms. The molecule has 0 saturated carbocycles. The molecule has 1 N–H and O–H groups in total. The van der Waals surface area contributed by atoms with E-state index in [1.807, 2.05) is 24.3 Å². The molecule has 29 heavy (non-hydrogen) atoms. The Hall–Kier alpha value is -2.67. The molecule has 6 nitrogen and oxygen atoms in total. The van der Waals surface area contributed by atoms with Gasteiger partial charge in [-0.15, -0.1) is 0 Å². The quantitative estimate of drug-likeness (QED) is 0.658. The Labute approximate surface area is 172 Å². The fraction of sp³-hybridized carbons (Fsp3) is 0.364. The Kier molecular flexibility index (Phi) is 7.56. The van der Waals surface area contributed by atoms with E-state index in [0.717, 1.165) is 18.2 Å². The van der Waals surface area contributed by atoms with Crippen LogP contribution in [-0.4, -0.2) is 32.7 Å². The average Bonchev–Trinajstić information content (AvgIpc) is 2.67. The standard InChI is InChI=1S/C22H27NO5S/c1-5-15(2)19-8-6-7-9-20(19)23-21(24)16(3)28-22(25)18-12-10-17(11-13-18)14-29(4,26)27/h6-13,15-16H,5,14H2,1-4H3,(H,23,24)/t15-,16-/m0/s1. The summed E-state index contributed by atoms with van der Waals surface area (Å²) in [6.45, 7) is 5.67. The Morgan fingerprint density at radius 1 is 1.03 bits per heavy atom. The lowest BCUT2D eigenvalue weighted by atomic mass is 9.97. The lowest BCUT2D eigenvalue weighted by Gasteiger charge is -2.18. The Morgan fingerprint density at radius 2 is 1.66 bits per heavy atom. The van der Waals surface area contributed by atoms with E-state index in [-0.39, 0.29) is 17.2 Å². The zero-order valence-electron chi connectivity index (χ0n) is 17.1. The zero-order valence-corrected chi connectivity index (χ0v) is 18.0. The average molecular weight is 418 g/mol. The summed E-state index contributed by atoms with van der Waals surface area (Å²) < 4.78 is 27.9. The van der Waals surface area contributed by atoms with Gasteiger partial charge in [0, 0.05) is 11.9 Å². The summed E-state index contributed by atoms with van der Waals surface area (Å²) in [6, 6.07) is 13.7. The van der Waals surface area contributed by atoms with E-state index < -0.39 is 27.8 Å². The minimum atomic E-state index is -3.15. The van der Waals surface area contributed by atoms with Crippen LogP contribution >= 0.6 is 0 Å². The smallest absolute Gasteiger partial charge is 0.338 e. The minimum absolute atomic E-state index is 0.100. The molecule has 7 heteroatoms. The van der Waals surface area contributed by atoms with Crippen molar-refractivity contribution in [2.24, 2.45) is 0 Å².